The number of carbonyl (C=O) groups excluding carboxylic acids is 1. The molecule has 0 spiro atoms. The second-order valence-electron chi connectivity index (χ2n) is 6.51. The predicted molar refractivity (Wildman–Crippen MR) is 92.2 cm³/mol. The monoisotopic (exact) mass is 344 g/mol. The first kappa shape index (κ1) is 17.3. The van der Waals surface area contributed by atoms with Gasteiger partial charge in [0.2, 0.25) is 5.43 Å². The van der Waals surface area contributed by atoms with E-state index in [0.717, 1.165) is 6.42 Å². The highest BCUT2D eigenvalue weighted by molar-refractivity contribution is 5.92. The van der Waals surface area contributed by atoms with E-state index >= 15 is 0 Å². The van der Waals surface area contributed by atoms with E-state index < -0.39 is 17.2 Å². The maximum absolute atomic E-state index is 14.1. The summed E-state index contributed by atoms with van der Waals surface area (Å²) in [7, 11) is 0. The topological polar surface area (TPSA) is 81.2 Å². The first-order valence-corrected chi connectivity index (χ1v) is 8.29. The summed E-state index contributed by atoms with van der Waals surface area (Å²) in [5.41, 5.74) is 5.70. The van der Waals surface area contributed by atoms with Crippen LogP contribution >= 0.6 is 0 Å². The molecule has 2 unspecified atom stereocenters. The fourth-order valence-corrected chi connectivity index (χ4v) is 3.30. The molecule has 1 aliphatic rings. The highest BCUT2D eigenvalue weighted by atomic mass is 19.1. The molecule has 1 amide bonds. The number of hydrogen-bond acceptors (Lipinski definition) is 4. The number of nitrogens with two attached hydrogens (primary N) is 1. The maximum atomic E-state index is 14.1. The van der Waals surface area contributed by atoms with Gasteiger partial charge in [0.15, 0.2) is 5.69 Å². The molecule has 1 aromatic heterocycles. The summed E-state index contributed by atoms with van der Waals surface area (Å²) in [5.74, 6) is -0.686. The molecule has 25 heavy (non-hydrogen) atoms. The molecule has 0 radical (unpaired) electrons. The van der Waals surface area contributed by atoms with Crippen molar-refractivity contribution in [2.45, 2.75) is 26.3 Å². The van der Waals surface area contributed by atoms with Gasteiger partial charge in [0.1, 0.15) is 11.5 Å². The standard InChI is InChI=1S/C18H21FN4O2/c1-11-7-13(9-20)10-22(11)18(25)17-16(24)8-12(2)23(21-17)15-6-4-3-5-14(15)19/h3-6,8,11,13H,7,9-10,20H2,1-2H3. The Hall–Kier alpha value is -2.54. The van der Waals surface area contributed by atoms with E-state index in [9.17, 15) is 14.0 Å². The number of benzene rings is 1. The molecule has 2 heterocycles. The molecule has 1 aromatic carbocycles. The van der Waals surface area contributed by atoms with Crippen molar-refractivity contribution < 1.29 is 9.18 Å². The number of carbonyl (C=O) groups is 1. The molecule has 0 aliphatic carbocycles. The van der Waals surface area contributed by atoms with Gasteiger partial charge in [-0.1, -0.05) is 12.1 Å². The average Bonchev–Trinajstić information content (AvgIpc) is 2.96. The summed E-state index contributed by atoms with van der Waals surface area (Å²) in [6, 6.07) is 7.41. The lowest BCUT2D eigenvalue weighted by molar-refractivity contribution is 0.0734. The number of likely N-dealkylation sites (tertiary alicyclic amines) is 1. The van der Waals surface area contributed by atoms with E-state index in [4.69, 9.17) is 5.73 Å². The summed E-state index contributed by atoms with van der Waals surface area (Å²) in [6.07, 6.45) is 0.801. The Morgan fingerprint density at radius 2 is 2.12 bits per heavy atom. The predicted octanol–water partition coefficient (Wildman–Crippen LogP) is 1.49. The van der Waals surface area contributed by atoms with E-state index in [2.05, 4.69) is 5.10 Å². The largest absolute Gasteiger partial charge is 0.334 e. The third kappa shape index (κ3) is 3.19. The molecule has 6 nitrogen and oxygen atoms in total. The summed E-state index contributed by atoms with van der Waals surface area (Å²) in [5, 5.41) is 4.17. The van der Waals surface area contributed by atoms with Crippen molar-refractivity contribution in [3.63, 3.8) is 0 Å². The Kier molecular flexibility index (Phi) is 4.67. The van der Waals surface area contributed by atoms with Crippen LogP contribution in [0.1, 0.15) is 29.5 Å². The van der Waals surface area contributed by atoms with Crippen LogP contribution in [0.4, 0.5) is 4.39 Å². The molecule has 0 saturated carbocycles. The zero-order valence-electron chi connectivity index (χ0n) is 14.3. The fraction of sp³-hybridized carbons (Fsp3) is 0.389. The van der Waals surface area contributed by atoms with Crippen LogP contribution in [-0.4, -0.2) is 39.7 Å². The van der Waals surface area contributed by atoms with E-state index in [-0.39, 0.29) is 23.3 Å². The minimum Gasteiger partial charge on any atom is -0.334 e. The Bertz CT molecular complexity index is 864. The lowest BCUT2D eigenvalue weighted by Crippen LogP contribution is -2.38. The van der Waals surface area contributed by atoms with Crippen molar-refractivity contribution in [2.75, 3.05) is 13.1 Å². The van der Waals surface area contributed by atoms with Crippen LogP contribution in [0.3, 0.4) is 0 Å². The van der Waals surface area contributed by atoms with E-state index in [1.54, 1.807) is 30.0 Å². The zero-order chi connectivity index (χ0) is 18.1. The summed E-state index contributed by atoms with van der Waals surface area (Å²) in [4.78, 5) is 26.8. The highest BCUT2D eigenvalue weighted by Gasteiger charge is 2.34. The van der Waals surface area contributed by atoms with E-state index in [1.807, 2.05) is 6.92 Å². The number of aromatic nitrogens is 2. The van der Waals surface area contributed by atoms with Crippen molar-refractivity contribution in [1.29, 1.82) is 0 Å². The van der Waals surface area contributed by atoms with Gasteiger partial charge in [0, 0.05) is 24.3 Å². The third-order valence-corrected chi connectivity index (χ3v) is 4.65. The molecule has 2 N–H and O–H groups in total. The van der Waals surface area contributed by atoms with Gasteiger partial charge in [0.05, 0.1) is 0 Å². The van der Waals surface area contributed by atoms with Crippen LogP contribution < -0.4 is 11.2 Å². The van der Waals surface area contributed by atoms with Crippen LogP contribution in [0.25, 0.3) is 5.69 Å². The number of hydrogen-bond donors (Lipinski definition) is 1. The Morgan fingerprint density at radius 1 is 1.40 bits per heavy atom. The van der Waals surface area contributed by atoms with Crippen LogP contribution in [-0.2, 0) is 0 Å². The molecule has 7 heteroatoms. The Morgan fingerprint density at radius 3 is 2.76 bits per heavy atom. The molecule has 2 aromatic rings. The fourth-order valence-electron chi connectivity index (χ4n) is 3.30. The normalized spacial score (nSPS) is 20.1. The second kappa shape index (κ2) is 6.76. The van der Waals surface area contributed by atoms with Gasteiger partial charge in [-0.05, 0) is 44.9 Å². The van der Waals surface area contributed by atoms with E-state index in [1.165, 1.54) is 16.8 Å². The number of halogens is 1. The first-order valence-electron chi connectivity index (χ1n) is 8.29. The van der Waals surface area contributed by atoms with E-state index in [0.29, 0.717) is 18.8 Å². The van der Waals surface area contributed by atoms with Crippen molar-refractivity contribution in [3.8, 4) is 5.69 Å². The first-order chi connectivity index (χ1) is 11.9. The number of rotatable bonds is 3. The molecule has 1 aliphatic heterocycles. The quantitative estimate of drug-likeness (QED) is 0.915. The van der Waals surface area contributed by atoms with Gasteiger partial charge in [0.25, 0.3) is 5.91 Å². The minimum atomic E-state index is -0.474. The zero-order valence-corrected chi connectivity index (χ0v) is 14.3. The maximum Gasteiger partial charge on any atom is 0.278 e. The summed E-state index contributed by atoms with van der Waals surface area (Å²) in [6.45, 7) is 4.58. The lowest BCUT2D eigenvalue weighted by atomic mass is 10.1. The molecule has 1 fully saturated rings. The number of amides is 1. The number of para-hydroxylation sites is 1. The van der Waals surface area contributed by atoms with Gasteiger partial charge >= 0.3 is 0 Å². The smallest absolute Gasteiger partial charge is 0.278 e. The second-order valence-corrected chi connectivity index (χ2v) is 6.51. The molecule has 1 saturated heterocycles. The average molecular weight is 344 g/mol. The van der Waals surface area contributed by atoms with Crippen LogP contribution in [0.5, 0.6) is 0 Å². The highest BCUT2D eigenvalue weighted by Crippen LogP contribution is 2.23. The molecule has 0 bridgehead atoms. The molecule has 3 rings (SSSR count). The van der Waals surface area contributed by atoms with Gasteiger partial charge in [-0.3, -0.25) is 9.59 Å². The summed E-state index contributed by atoms with van der Waals surface area (Å²) < 4.78 is 15.4. The van der Waals surface area contributed by atoms with Crippen molar-refractivity contribution in [1.82, 2.24) is 14.7 Å². The van der Waals surface area contributed by atoms with Crippen molar-refractivity contribution >= 4 is 5.91 Å². The van der Waals surface area contributed by atoms with Crippen molar-refractivity contribution in [2.24, 2.45) is 11.7 Å². The van der Waals surface area contributed by atoms with Crippen LogP contribution in [0.2, 0.25) is 0 Å². The minimum absolute atomic E-state index is 0.00883. The van der Waals surface area contributed by atoms with Crippen LogP contribution in [0, 0.1) is 18.7 Å². The SMILES string of the molecule is Cc1cc(=O)c(C(=O)N2CC(CN)CC2C)nn1-c1ccccc1F. The van der Waals surface area contributed by atoms with Gasteiger partial charge in [-0.2, -0.15) is 5.10 Å². The van der Waals surface area contributed by atoms with Gasteiger partial charge in [-0.25, -0.2) is 9.07 Å². The lowest BCUT2D eigenvalue weighted by Gasteiger charge is -2.21. The molecular formula is C18H21FN4O2. The summed E-state index contributed by atoms with van der Waals surface area (Å²) >= 11 is 0. The third-order valence-electron chi connectivity index (χ3n) is 4.65. The van der Waals surface area contributed by atoms with Gasteiger partial charge in [-0.15, -0.1) is 0 Å². The molecule has 132 valence electrons. The van der Waals surface area contributed by atoms with Crippen molar-refractivity contribution in [3.05, 3.63) is 57.8 Å². The number of nitrogens with zero attached hydrogens (tertiary/aromatic N) is 3. The Balaban J connectivity index is 2.03. The van der Waals surface area contributed by atoms with Gasteiger partial charge < -0.3 is 10.6 Å². The van der Waals surface area contributed by atoms with Crippen LogP contribution in [0.15, 0.2) is 35.1 Å². The Labute approximate surface area is 145 Å². The molecule has 2 atom stereocenters. The number of aryl methyl sites for hydroxylation is 1. The molecular weight excluding hydrogens is 323 g/mol.